The van der Waals surface area contributed by atoms with Crippen molar-refractivity contribution in [3.05, 3.63) is 54.1 Å². The Morgan fingerprint density at radius 3 is 2.38 bits per heavy atom. The molecule has 128 valence electrons. The van der Waals surface area contributed by atoms with Crippen LogP contribution in [0.1, 0.15) is 5.56 Å². The quantitative estimate of drug-likeness (QED) is 0.359. The van der Waals surface area contributed by atoms with Crippen LogP contribution in [-0.2, 0) is 10.0 Å². The first-order valence-electron chi connectivity index (χ1n) is 6.47. The topological polar surface area (TPSA) is 98.5 Å². The van der Waals surface area contributed by atoms with Crippen LogP contribution in [-0.4, -0.2) is 20.5 Å². The summed E-state index contributed by atoms with van der Waals surface area (Å²) in [5.74, 6) is -0.0537. The van der Waals surface area contributed by atoms with Crippen molar-refractivity contribution in [1.29, 1.82) is 0 Å². The van der Waals surface area contributed by atoms with Crippen molar-refractivity contribution in [2.75, 3.05) is 11.8 Å². The van der Waals surface area contributed by atoms with E-state index in [0.29, 0.717) is 8.04 Å². The molecule has 0 fully saturated rings. The highest BCUT2D eigenvalue weighted by Gasteiger charge is 2.29. The fourth-order valence-electron chi connectivity index (χ4n) is 1.96. The highest BCUT2D eigenvalue weighted by atomic mass is 127. The van der Waals surface area contributed by atoms with E-state index < -0.39 is 20.6 Å². The molecule has 24 heavy (non-hydrogen) atoms. The average molecular weight is 527 g/mol. The van der Waals surface area contributed by atoms with Crippen LogP contribution in [0.2, 0.25) is 0 Å². The zero-order valence-corrected chi connectivity index (χ0v) is 17.1. The first kappa shape index (κ1) is 18.9. The van der Waals surface area contributed by atoms with E-state index in [4.69, 9.17) is 4.74 Å². The maximum Gasteiger partial charge on any atom is 0.337 e. The second-order valence-electron chi connectivity index (χ2n) is 4.77. The number of nitrogens with one attached hydrogen (secondary N) is 1. The Hall–Kier alpha value is -1.40. The molecule has 7 nitrogen and oxygen atoms in total. The van der Waals surface area contributed by atoms with Crippen LogP contribution in [0.5, 0.6) is 5.75 Å². The Kier molecular flexibility index (Phi) is 5.71. The molecule has 2 aromatic carbocycles. The normalized spacial score (nSPS) is 11.2. The lowest BCUT2D eigenvalue weighted by Crippen LogP contribution is -2.15. The Balaban J connectivity index is 2.60. The summed E-state index contributed by atoms with van der Waals surface area (Å²) < 4.78 is 33.1. The van der Waals surface area contributed by atoms with Gasteiger partial charge in [0.1, 0.15) is 5.69 Å². The fourth-order valence-corrected chi connectivity index (χ4v) is 4.94. The number of benzene rings is 2. The summed E-state index contributed by atoms with van der Waals surface area (Å²) in [6.07, 6.45) is 0. The molecule has 0 spiro atoms. The summed E-state index contributed by atoms with van der Waals surface area (Å²) >= 11 is 5.01. The molecule has 0 atom stereocenters. The highest BCUT2D eigenvalue weighted by Crippen LogP contribution is 2.44. The fraction of sp³-hybridized carbons (Fsp3) is 0.143. The van der Waals surface area contributed by atoms with Crippen LogP contribution < -0.4 is 9.46 Å². The van der Waals surface area contributed by atoms with E-state index >= 15 is 0 Å². The minimum Gasteiger partial charge on any atom is -0.489 e. The van der Waals surface area contributed by atoms with Gasteiger partial charge in [0.15, 0.2) is 0 Å². The number of anilines is 1. The number of nitrogens with zero attached hydrogens (tertiary/aromatic N) is 1. The minimum absolute atomic E-state index is 0.0140. The van der Waals surface area contributed by atoms with E-state index in [2.05, 4.69) is 20.7 Å². The van der Waals surface area contributed by atoms with Crippen LogP contribution in [0.25, 0.3) is 0 Å². The number of halogens is 2. The van der Waals surface area contributed by atoms with Gasteiger partial charge in [-0.1, -0.05) is 17.7 Å². The van der Waals surface area contributed by atoms with Crippen LogP contribution in [0, 0.1) is 20.6 Å². The third kappa shape index (κ3) is 3.81. The second kappa shape index (κ2) is 7.23. The van der Waals surface area contributed by atoms with Gasteiger partial charge < -0.3 is 4.74 Å². The van der Waals surface area contributed by atoms with Crippen LogP contribution in [0.3, 0.4) is 0 Å². The minimum atomic E-state index is -3.98. The molecule has 2 rings (SSSR count). The van der Waals surface area contributed by atoms with Crippen molar-refractivity contribution in [1.82, 2.24) is 0 Å². The van der Waals surface area contributed by atoms with Crippen LogP contribution >= 0.6 is 38.5 Å². The lowest BCUT2D eigenvalue weighted by Gasteiger charge is -2.13. The molecule has 0 heterocycles. The molecule has 0 unspecified atom stereocenters. The van der Waals surface area contributed by atoms with Gasteiger partial charge >= 0.3 is 5.69 Å². The molecule has 0 bridgehead atoms. The van der Waals surface area contributed by atoms with Gasteiger partial charge in [0, 0.05) is 3.57 Å². The lowest BCUT2D eigenvalue weighted by atomic mass is 10.2. The number of ether oxygens (including phenoxy) is 1. The number of aryl methyl sites for hydroxylation is 1. The van der Waals surface area contributed by atoms with Crippen LogP contribution in [0.4, 0.5) is 11.4 Å². The summed E-state index contributed by atoms with van der Waals surface area (Å²) in [4.78, 5) is 10.8. The van der Waals surface area contributed by atoms with E-state index in [-0.39, 0.29) is 16.3 Å². The maximum atomic E-state index is 12.5. The van der Waals surface area contributed by atoms with E-state index in [1.165, 1.54) is 19.2 Å². The summed E-state index contributed by atoms with van der Waals surface area (Å²) in [6.45, 7) is 1.83. The average Bonchev–Trinajstić information content (AvgIpc) is 2.49. The van der Waals surface area contributed by atoms with Crippen molar-refractivity contribution in [2.45, 2.75) is 11.8 Å². The molecule has 0 saturated carbocycles. The van der Waals surface area contributed by atoms with Crippen molar-refractivity contribution in [2.24, 2.45) is 0 Å². The summed E-state index contributed by atoms with van der Waals surface area (Å²) in [5, 5.41) is 11.4. The number of nitro benzene ring substituents is 1. The molecule has 10 heteroatoms. The number of sulfonamides is 1. The van der Waals surface area contributed by atoms with E-state index in [9.17, 15) is 18.5 Å². The number of hydrogen-bond acceptors (Lipinski definition) is 5. The third-order valence-corrected chi connectivity index (χ3v) is 5.92. The summed E-state index contributed by atoms with van der Waals surface area (Å²) in [6, 6.07) is 7.71. The van der Waals surface area contributed by atoms with E-state index in [1.807, 2.05) is 29.5 Å². The highest BCUT2D eigenvalue weighted by molar-refractivity contribution is 14.1. The molecule has 0 aliphatic rings. The molecule has 0 amide bonds. The number of methoxy groups -OCH3 is 1. The zero-order valence-electron chi connectivity index (χ0n) is 12.5. The van der Waals surface area contributed by atoms with Crippen LogP contribution in [0.15, 0.2) is 39.7 Å². The number of hydrogen-bond donors (Lipinski definition) is 1. The first-order chi connectivity index (χ1) is 11.2. The Morgan fingerprint density at radius 2 is 1.88 bits per heavy atom. The van der Waals surface area contributed by atoms with Crippen molar-refractivity contribution < 1.29 is 18.1 Å². The van der Waals surface area contributed by atoms with Crippen molar-refractivity contribution >= 4 is 59.9 Å². The second-order valence-corrected chi connectivity index (χ2v) is 8.47. The number of nitro groups is 1. The van der Waals surface area contributed by atoms with Gasteiger partial charge in [0.2, 0.25) is 5.75 Å². The van der Waals surface area contributed by atoms with Crippen molar-refractivity contribution in [3.63, 3.8) is 0 Å². The van der Waals surface area contributed by atoms with Gasteiger partial charge in [0.25, 0.3) is 10.0 Å². The maximum absolute atomic E-state index is 12.5. The molecule has 0 aromatic heterocycles. The molecule has 2 aromatic rings. The van der Waals surface area contributed by atoms with Crippen molar-refractivity contribution in [3.8, 4) is 5.75 Å². The predicted octanol–water partition coefficient (Wildman–Crippen LogP) is 4.08. The molecular weight excluding hydrogens is 515 g/mol. The SMILES string of the molecule is COc1c(Br)cc(I)c(NS(=O)(=O)c2ccc(C)cc2)c1[N+](=O)[O-]. The van der Waals surface area contributed by atoms with Gasteiger partial charge in [-0.2, -0.15) is 0 Å². The molecular formula is C14H12BrIN2O5S. The number of rotatable bonds is 5. The third-order valence-electron chi connectivity index (χ3n) is 3.12. The van der Waals surface area contributed by atoms with Gasteiger partial charge in [-0.25, -0.2) is 8.42 Å². The van der Waals surface area contributed by atoms with E-state index in [0.717, 1.165) is 5.56 Å². The summed E-state index contributed by atoms with van der Waals surface area (Å²) in [7, 11) is -2.70. The molecule has 0 aliphatic heterocycles. The Labute approximate surface area is 160 Å². The Bertz CT molecular complexity index is 900. The lowest BCUT2D eigenvalue weighted by molar-refractivity contribution is -0.384. The van der Waals surface area contributed by atoms with Gasteiger partial charge in [-0.05, 0) is 63.6 Å². The first-order valence-corrected chi connectivity index (χ1v) is 9.82. The molecule has 0 radical (unpaired) electrons. The molecule has 0 aliphatic carbocycles. The smallest absolute Gasteiger partial charge is 0.337 e. The summed E-state index contributed by atoms with van der Waals surface area (Å²) in [5.41, 5.74) is 0.313. The standard InChI is InChI=1S/C14H12BrIN2O5S/c1-8-3-5-9(6-4-8)24(21,22)17-12-11(16)7-10(15)14(23-2)13(12)18(19)20/h3-7,17H,1-2H3. The predicted molar refractivity (Wildman–Crippen MR) is 102 cm³/mol. The van der Waals surface area contributed by atoms with E-state index in [1.54, 1.807) is 18.2 Å². The largest absolute Gasteiger partial charge is 0.489 e. The molecule has 0 saturated heterocycles. The monoisotopic (exact) mass is 526 g/mol. The Morgan fingerprint density at radius 1 is 1.29 bits per heavy atom. The van der Waals surface area contributed by atoms with Gasteiger partial charge in [-0.3, -0.25) is 14.8 Å². The van der Waals surface area contributed by atoms with Gasteiger partial charge in [0.05, 0.1) is 21.4 Å². The van der Waals surface area contributed by atoms with Gasteiger partial charge in [-0.15, -0.1) is 0 Å². The molecule has 1 N–H and O–H groups in total. The zero-order chi connectivity index (χ0) is 18.1.